The highest BCUT2D eigenvalue weighted by Gasteiger charge is 2.41. The molecule has 1 aliphatic rings. The average molecular weight is 431 g/mol. The number of hydrogen-bond donors (Lipinski definition) is 2. The molecule has 32 heavy (non-hydrogen) atoms. The van der Waals surface area contributed by atoms with E-state index in [0.29, 0.717) is 35.4 Å². The summed E-state index contributed by atoms with van der Waals surface area (Å²) in [4.78, 5) is 20.3. The number of rotatable bonds is 5. The van der Waals surface area contributed by atoms with E-state index in [2.05, 4.69) is 4.98 Å². The number of hydrogen-bond acceptors (Lipinski definition) is 7. The third-order valence-electron chi connectivity index (χ3n) is 5.75. The highest BCUT2D eigenvalue weighted by Crippen LogP contribution is 2.45. The first-order valence-electron chi connectivity index (χ1n) is 10.2. The SMILES string of the molecule is CC1(O)CC(c2nc(-c3ccc(Oc4ccccc4)c([N+](=O)[O-])c3)c3c(N)nccn23)C1. The minimum Gasteiger partial charge on any atom is -0.450 e. The first-order valence-corrected chi connectivity index (χ1v) is 10.2. The summed E-state index contributed by atoms with van der Waals surface area (Å²) in [5.41, 5.74) is 6.90. The van der Waals surface area contributed by atoms with Gasteiger partial charge in [0, 0.05) is 29.9 Å². The molecule has 0 radical (unpaired) electrons. The van der Waals surface area contributed by atoms with Crippen LogP contribution in [0, 0.1) is 10.1 Å². The van der Waals surface area contributed by atoms with Gasteiger partial charge in [0.05, 0.1) is 10.5 Å². The molecule has 2 aromatic carbocycles. The molecular weight excluding hydrogens is 410 g/mol. The molecular formula is C23H21N5O4. The number of nitro benzene ring substituents is 1. The topological polar surface area (TPSA) is 129 Å². The third-order valence-corrected chi connectivity index (χ3v) is 5.75. The van der Waals surface area contributed by atoms with Gasteiger partial charge in [-0.2, -0.15) is 0 Å². The molecule has 1 aliphatic carbocycles. The molecule has 0 saturated heterocycles. The van der Waals surface area contributed by atoms with Crippen molar-refractivity contribution >= 4 is 17.0 Å². The van der Waals surface area contributed by atoms with Gasteiger partial charge in [-0.3, -0.25) is 14.5 Å². The van der Waals surface area contributed by atoms with Crippen LogP contribution in [0.3, 0.4) is 0 Å². The van der Waals surface area contributed by atoms with Gasteiger partial charge in [-0.1, -0.05) is 18.2 Å². The molecule has 0 spiro atoms. The molecule has 4 aromatic rings. The number of para-hydroxylation sites is 1. The zero-order valence-electron chi connectivity index (χ0n) is 17.3. The summed E-state index contributed by atoms with van der Waals surface area (Å²) in [6.45, 7) is 1.80. The van der Waals surface area contributed by atoms with Gasteiger partial charge >= 0.3 is 5.69 Å². The predicted molar refractivity (Wildman–Crippen MR) is 119 cm³/mol. The molecule has 0 amide bonds. The maximum atomic E-state index is 11.8. The monoisotopic (exact) mass is 431 g/mol. The second-order valence-corrected chi connectivity index (χ2v) is 8.31. The van der Waals surface area contributed by atoms with Crippen molar-refractivity contribution < 1.29 is 14.8 Å². The van der Waals surface area contributed by atoms with E-state index in [4.69, 9.17) is 15.5 Å². The van der Waals surface area contributed by atoms with E-state index in [1.807, 2.05) is 10.5 Å². The normalized spacial score (nSPS) is 20.1. The van der Waals surface area contributed by atoms with Crippen molar-refractivity contribution in [3.63, 3.8) is 0 Å². The lowest BCUT2D eigenvalue weighted by Crippen LogP contribution is -2.40. The van der Waals surface area contributed by atoms with Crippen molar-refractivity contribution in [3.05, 3.63) is 76.9 Å². The second-order valence-electron chi connectivity index (χ2n) is 8.31. The van der Waals surface area contributed by atoms with Crippen molar-refractivity contribution in [1.82, 2.24) is 14.4 Å². The molecule has 162 valence electrons. The van der Waals surface area contributed by atoms with Crippen molar-refractivity contribution in [3.8, 4) is 22.8 Å². The Hall–Kier alpha value is -3.98. The van der Waals surface area contributed by atoms with Crippen molar-refractivity contribution in [2.75, 3.05) is 5.73 Å². The van der Waals surface area contributed by atoms with Gasteiger partial charge in [0.2, 0.25) is 5.75 Å². The molecule has 9 nitrogen and oxygen atoms in total. The highest BCUT2D eigenvalue weighted by atomic mass is 16.6. The Morgan fingerprint density at radius 3 is 2.69 bits per heavy atom. The van der Waals surface area contributed by atoms with E-state index in [1.54, 1.807) is 55.7 Å². The largest absolute Gasteiger partial charge is 0.450 e. The molecule has 2 heterocycles. The average Bonchev–Trinajstić information content (AvgIpc) is 3.13. The number of nitrogen functional groups attached to an aromatic ring is 1. The Labute approximate surface area is 183 Å². The van der Waals surface area contributed by atoms with Gasteiger partial charge in [-0.25, -0.2) is 9.97 Å². The Kier molecular flexibility index (Phi) is 4.56. The van der Waals surface area contributed by atoms with Gasteiger partial charge < -0.3 is 15.6 Å². The van der Waals surface area contributed by atoms with Gasteiger partial charge in [0.1, 0.15) is 28.6 Å². The van der Waals surface area contributed by atoms with E-state index < -0.39 is 10.5 Å². The molecule has 2 aromatic heterocycles. The highest BCUT2D eigenvalue weighted by molar-refractivity contribution is 5.86. The van der Waals surface area contributed by atoms with Crippen LogP contribution in [0.15, 0.2) is 60.9 Å². The number of nitrogens with two attached hydrogens (primary N) is 1. The number of benzene rings is 2. The number of ether oxygens (including phenoxy) is 1. The smallest absolute Gasteiger partial charge is 0.312 e. The number of nitro groups is 1. The summed E-state index contributed by atoms with van der Waals surface area (Å²) < 4.78 is 7.59. The molecule has 9 heteroatoms. The fourth-order valence-corrected chi connectivity index (χ4v) is 4.27. The van der Waals surface area contributed by atoms with Crippen LogP contribution in [0.2, 0.25) is 0 Å². The summed E-state index contributed by atoms with van der Waals surface area (Å²) in [7, 11) is 0. The molecule has 1 fully saturated rings. The molecule has 3 N–H and O–H groups in total. The Balaban J connectivity index is 1.61. The van der Waals surface area contributed by atoms with Crippen molar-refractivity contribution in [2.24, 2.45) is 0 Å². The first kappa shape index (κ1) is 20.0. The maximum absolute atomic E-state index is 11.8. The quantitative estimate of drug-likeness (QED) is 0.356. The fourth-order valence-electron chi connectivity index (χ4n) is 4.27. The summed E-state index contributed by atoms with van der Waals surface area (Å²) in [5.74, 6) is 1.73. The van der Waals surface area contributed by atoms with E-state index in [-0.39, 0.29) is 23.2 Å². The maximum Gasteiger partial charge on any atom is 0.312 e. The van der Waals surface area contributed by atoms with Crippen molar-refractivity contribution in [1.29, 1.82) is 0 Å². The number of nitrogens with zero attached hydrogens (tertiary/aromatic N) is 4. The summed E-state index contributed by atoms with van der Waals surface area (Å²) in [6, 6.07) is 13.6. The van der Waals surface area contributed by atoms with Gasteiger partial charge in [0.15, 0.2) is 0 Å². The molecule has 0 aliphatic heterocycles. The Morgan fingerprint density at radius 1 is 1.25 bits per heavy atom. The fraction of sp³-hybridized carbons (Fsp3) is 0.217. The van der Waals surface area contributed by atoms with Crippen LogP contribution >= 0.6 is 0 Å². The van der Waals surface area contributed by atoms with Gasteiger partial charge in [0.25, 0.3) is 0 Å². The summed E-state index contributed by atoms with van der Waals surface area (Å²) >= 11 is 0. The van der Waals surface area contributed by atoms with Gasteiger partial charge in [-0.05, 0) is 44.0 Å². The van der Waals surface area contributed by atoms with Crippen LogP contribution in [0.4, 0.5) is 11.5 Å². The molecule has 1 saturated carbocycles. The lowest BCUT2D eigenvalue weighted by Gasteiger charge is -2.40. The molecule has 0 unspecified atom stereocenters. The zero-order chi connectivity index (χ0) is 22.5. The summed E-state index contributed by atoms with van der Waals surface area (Å²) in [5, 5.41) is 22.0. The van der Waals surface area contributed by atoms with Crippen LogP contribution in [0.1, 0.15) is 31.5 Å². The summed E-state index contributed by atoms with van der Waals surface area (Å²) in [6.07, 6.45) is 4.52. The third kappa shape index (κ3) is 3.42. The number of anilines is 1. The number of aliphatic hydroxyl groups is 1. The number of aromatic nitrogens is 3. The Bertz CT molecular complexity index is 1330. The number of imidazole rings is 1. The lowest BCUT2D eigenvalue weighted by atomic mass is 9.72. The lowest BCUT2D eigenvalue weighted by molar-refractivity contribution is -0.385. The zero-order valence-corrected chi connectivity index (χ0v) is 17.3. The van der Waals surface area contributed by atoms with E-state index in [1.165, 1.54) is 6.07 Å². The molecule has 0 bridgehead atoms. The van der Waals surface area contributed by atoms with E-state index in [9.17, 15) is 15.2 Å². The van der Waals surface area contributed by atoms with Crippen LogP contribution in [0.25, 0.3) is 16.8 Å². The van der Waals surface area contributed by atoms with Crippen LogP contribution in [-0.2, 0) is 0 Å². The molecule has 5 rings (SSSR count). The van der Waals surface area contributed by atoms with E-state index in [0.717, 1.165) is 5.82 Å². The van der Waals surface area contributed by atoms with Crippen LogP contribution in [0.5, 0.6) is 11.5 Å². The first-order chi connectivity index (χ1) is 15.3. The minimum atomic E-state index is -0.718. The second kappa shape index (κ2) is 7.31. The van der Waals surface area contributed by atoms with E-state index >= 15 is 0 Å². The van der Waals surface area contributed by atoms with Gasteiger partial charge in [-0.15, -0.1) is 0 Å². The van der Waals surface area contributed by atoms with Crippen LogP contribution in [-0.4, -0.2) is 30.0 Å². The molecule has 0 atom stereocenters. The number of fused-ring (bicyclic) bond motifs is 1. The van der Waals surface area contributed by atoms with Crippen molar-refractivity contribution in [2.45, 2.75) is 31.3 Å². The predicted octanol–water partition coefficient (Wildman–Crippen LogP) is 4.31. The Morgan fingerprint density at radius 2 is 2.00 bits per heavy atom. The minimum absolute atomic E-state index is 0.0590. The van der Waals surface area contributed by atoms with Crippen LogP contribution < -0.4 is 10.5 Å². The standard InChI is InChI=1S/C23H21N5O4/c1-23(29)12-15(13-23)22-26-19(20-21(24)25-9-10-27(20)22)14-7-8-18(17(11-14)28(30)31)32-16-5-3-2-4-6-16/h2-11,15,29H,12-13H2,1H3,(H2,24,25).